The zero-order valence-electron chi connectivity index (χ0n) is 13.7. The molecule has 2 rings (SSSR count). The SMILES string of the molecule is Cc1cnc(/C(C=NCC2OCC(C)(C)CO2)=N/N)c(C)c1. The van der Waals surface area contributed by atoms with Crippen LogP contribution in [0.5, 0.6) is 0 Å². The molecular formula is C16H24N4O2. The highest BCUT2D eigenvalue weighted by Gasteiger charge is 2.27. The van der Waals surface area contributed by atoms with Crippen molar-refractivity contribution < 1.29 is 9.47 Å². The molecule has 0 aromatic carbocycles. The lowest BCUT2D eigenvalue weighted by Gasteiger charge is -2.33. The van der Waals surface area contributed by atoms with Crippen LogP contribution in [0.15, 0.2) is 22.4 Å². The fraction of sp³-hybridized carbons (Fsp3) is 0.562. The van der Waals surface area contributed by atoms with Crippen LogP contribution in [0.4, 0.5) is 0 Å². The molecule has 0 saturated carbocycles. The van der Waals surface area contributed by atoms with Gasteiger partial charge in [0.05, 0.1) is 31.7 Å². The molecular weight excluding hydrogens is 280 g/mol. The van der Waals surface area contributed by atoms with E-state index in [1.165, 1.54) is 0 Å². The first-order valence-electron chi connectivity index (χ1n) is 7.36. The Morgan fingerprint density at radius 3 is 2.68 bits per heavy atom. The Bertz CT molecular complexity index is 572. The molecule has 1 aromatic heterocycles. The predicted molar refractivity (Wildman–Crippen MR) is 87.3 cm³/mol. The minimum atomic E-state index is -0.310. The van der Waals surface area contributed by atoms with Gasteiger partial charge in [0.15, 0.2) is 6.29 Å². The number of hydrazone groups is 1. The van der Waals surface area contributed by atoms with Crippen molar-refractivity contribution >= 4 is 11.9 Å². The molecule has 6 nitrogen and oxygen atoms in total. The fourth-order valence-electron chi connectivity index (χ4n) is 2.20. The van der Waals surface area contributed by atoms with Gasteiger partial charge in [-0.05, 0) is 25.0 Å². The molecule has 0 radical (unpaired) electrons. The maximum Gasteiger partial charge on any atom is 0.176 e. The van der Waals surface area contributed by atoms with E-state index in [0.717, 1.165) is 16.8 Å². The number of hydrogen-bond acceptors (Lipinski definition) is 6. The van der Waals surface area contributed by atoms with Gasteiger partial charge >= 0.3 is 0 Å². The lowest BCUT2D eigenvalue weighted by atomic mass is 9.96. The highest BCUT2D eigenvalue weighted by Crippen LogP contribution is 2.22. The molecule has 0 spiro atoms. The highest BCUT2D eigenvalue weighted by atomic mass is 16.7. The second kappa shape index (κ2) is 6.98. The summed E-state index contributed by atoms with van der Waals surface area (Å²) in [7, 11) is 0. The summed E-state index contributed by atoms with van der Waals surface area (Å²) in [5.74, 6) is 5.46. The summed E-state index contributed by atoms with van der Waals surface area (Å²) in [6, 6.07) is 2.04. The average Bonchev–Trinajstić information content (AvgIpc) is 2.46. The van der Waals surface area contributed by atoms with Gasteiger partial charge in [-0.3, -0.25) is 9.98 Å². The molecule has 1 aliphatic rings. The summed E-state index contributed by atoms with van der Waals surface area (Å²) in [4.78, 5) is 8.70. The van der Waals surface area contributed by atoms with Crippen molar-refractivity contribution in [1.29, 1.82) is 0 Å². The summed E-state index contributed by atoms with van der Waals surface area (Å²) in [5, 5.41) is 3.78. The van der Waals surface area contributed by atoms with Crippen molar-refractivity contribution in [2.75, 3.05) is 19.8 Å². The minimum Gasteiger partial charge on any atom is -0.350 e. The molecule has 6 heteroatoms. The van der Waals surface area contributed by atoms with Crippen LogP contribution in [0.25, 0.3) is 0 Å². The number of nitrogens with zero attached hydrogens (tertiary/aromatic N) is 3. The molecule has 2 heterocycles. The third kappa shape index (κ3) is 4.35. The third-order valence-corrected chi connectivity index (χ3v) is 3.38. The molecule has 1 saturated heterocycles. The van der Waals surface area contributed by atoms with Crippen molar-refractivity contribution in [3.63, 3.8) is 0 Å². The number of aryl methyl sites for hydroxylation is 2. The normalized spacial score (nSPS) is 19.7. The van der Waals surface area contributed by atoms with Crippen LogP contribution in [-0.4, -0.2) is 43.0 Å². The number of ether oxygens (including phenoxy) is 2. The van der Waals surface area contributed by atoms with Gasteiger partial charge in [-0.15, -0.1) is 0 Å². The monoisotopic (exact) mass is 304 g/mol. The molecule has 0 aliphatic carbocycles. The zero-order valence-corrected chi connectivity index (χ0v) is 13.7. The summed E-state index contributed by atoms with van der Waals surface area (Å²) in [6.45, 7) is 9.95. The first kappa shape index (κ1) is 16.6. The van der Waals surface area contributed by atoms with Crippen molar-refractivity contribution in [3.8, 4) is 0 Å². The quantitative estimate of drug-likeness (QED) is 0.522. The molecule has 120 valence electrons. The molecule has 0 bridgehead atoms. The number of hydrogen-bond donors (Lipinski definition) is 1. The van der Waals surface area contributed by atoms with Crippen LogP contribution in [0, 0.1) is 19.3 Å². The first-order valence-corrected chi connectivity index (χ1v) is 7.36. The molecule has 1 aromatic rings. The van der Waals surface area contributed by atoms with E-state index < -0.39 is 0 Å². The van der Waals surface area contributed by atoms with E-state index in [1.807, 2.05) is 19.9 Å². The van der Waals surface area contributed by atoms with E-state index in [1.54, 1.807) is 12.4 Å². The standard InChI is InChI=1S/C16H24N4O2/c1-11-5-12(2)15(19-6-11)13(20-17)7-18-8-14-21-9-16(3,4)10-22-14/h5-7,14H,8-10,17H2,1-4H3/b18-7?,20-13+. The van der Waals surface area contributed by atoms with Gasteiger partial charge in [0.25, 0.3) is 0 Å². The summed E-state index contributed by atoms with van der Waals surface area (Å²) in [5.41, 5.74) is 3.47. The second-order valence-electron chi connectivity index (χ2n) is 6.40. The Hall–Kier alpha value is -1.79. The maximum absolute atomic E-state index is 5.63. The van der Waals surface area contributed by atoms with E-state index in [4.69, 9.17) is 15.3 Å². The lowest BCUT2D eigenvalue weighted by molar-refractivity contribution is -0.215. The van der Waals surface area contributed by atoms with Crippen LogP contribution in [0.2, 0.25) is 0 Å². The van der Waals surface area contributed by atoms with E-state index in [0.29, 0.717) is 25.5 Å². The summed E-state index contributed by atoms with van der Waals surface area (Å²) in [6.07, 6.45) is 3.10. The van der Waals surface area contributed by atoms with Gasteiger partial charge in [-0.2, -0.15) is 5.10 Å². The Morgan fingerprint density at radius 1 is 1.41 bits per heavy atom. The topological polar surface area (TPSA) is 82.1 Å². The molecule has 1 aliphatic heterocycles. The smallest absolute Gasteiger partial charge is 0.176 e. The Kier molecular flexibility index (Phi) is 5.26. The van der Waals surface area contributed by atoms with Gasteiger partial charge in [-0.1, -0.05) is 19.9 Å². The van der Waals surface area contributed by atoms with Crippen molar-refractivity contribution in [2.24, 2.45) is 21.4 Å². The Labute approximate surface area is 131 Å². The molecule has 2 N–H and O–H groups in total. The number of aliphatic imine (C=N–C) groups is 1. The van der Waals surface area contributed by atoms with Crippen LogP contribution in [0.3, 0.4) is 0 Å². The largest absolute Gasteiger partial charge is 0.350 e. The van der Waals surface area contributed by atoms with Gasteiger partial charge in [0.2, 0.25) is 0 Å². The number of pyridine rings is 1. The van der Waals surface area contributed by atoms with Crippen molar-refractivity contribution in [2.45, 2.75) is 34.0 Å². The number of rotatable bonds is 4. The van der Waals surface area contributed by atoms with Gasteiger partial charge in [0.1, 0.15) is 5.71 Å². The molecule has 22 heavy (non-hydrogen) atoms. The van der Waals surface area contributed by atoms with E-state index in [9.17, 15) is 0 Å². The van der Waals surface area contributed by atoms with E-state index in [2.05, 4.69) is 28.9 Å². The third-order valence-electron chi connectivity index (χ3n) is 3.38. The van der Waals surface area contributed by atoms with Gasteiger partial charge in [-0.25, -0.2) is 0 Å². The molecule has 1 fully saturated rings. The molecule has 0 unspecified atom stereocenters. The highest BCUT2D eigenvalue weighted by molar-refractivity contribution is 6.37. The molecule has 0 atom stereocenters. The van der Waals surface area contributed by atoms with Crippen LogP contribution in [0.1, 0.15) is 30.7 Å². The van der Waals surface area contributed by atoms with E-state index in [-0.39, 0.29) is 11.7 Å². The zero-order chi connectivity index (χ0) is 16.2. The van der Waals surface area contributed by atoms with Crippen molar-refractivity contribution in [1.82, 2.24) is 4.98 Å². The van der Waals surface area contributed by atoms with Crippen LogP contribution >= 0.6 is 0 Å². The minimum absolute atomic E-state index is 0.0625. The summed E-state index contributed by atoms with van der Waals surface area (Å²) < 4.78 is 11.3. The number of nitrogens with two attached hydrogens (primary N) is 1. The Morgan fingerprint density at radius 2 is 2.09 bits per heavy atom. The fourth-order valence-corrected chi connectivity index (χ4v) is 2.20. The van der Waals surface area contributed by atoms with Gasteiger partial charge < -0.3 is 15.3 Å². The van der Waals surface area contributed by atoms with E-state index >= 15 is 0 Å². The number of aromatic nitrogens is 1. The lowest BCUT2D eigenvalue weighted by Crippen LogP contribution is -2.39. The van der Waals surface area contributed by atoms with Crippen LogP contribution < -0.4 is 5.84 Å². The summed E-state index contributed by atoms with van der Waals surface area (Å²) >= 11 is 0. The second-order valence-corrected chi connectivity index (χ2v) is 6.40. The predicted octanol–water partition coefficient (Wildman–Crippen LogP) is 1.83. The Balaban J connectivity index is 1.96. The van der Waals surface area contributed by atoms with Crippen LogP contribution in [-0.2, 0) is 9.47 Å². The van der Waals surface area contributed by atoms with Gasteiger partial charge in [0, 0.05) is 11.6 Å². The average molecular weight is 304 g/mol. The maximum atomic E-state index is 5.63. The first-order chi connectivity index (χ1) is 10.4. The van der Waals surface area contributed by atoms with Crippen molar-refractivity contribution in [3.05, 3.63) is 29.1 Å². The molecule has 0 amide bonds.